The smallest absolute Gasteiger partial charge is 0.141 e. The molecule has 0 saturated carbocycles. The van der Waals surface area contributed by atoms with E-state index >= 15 is 0 Å². The van der Waals surface area contributed by atoms with E-state index in [-0.39, 0.29) is 0 Å². The molecule has 0 amide bonds. The van der Waals surface area contributed by atoms with Crippen LogP contribution in [0.15, 0.2) is 18.3 Å². The molecule has 0 spiro atoms. The van der Waals surface area contributed by atoms with Crippen molar-refractivity contribution in [3.8, 4) is 11.4 Å². The minimum Gasteiger partial charge on any atom is -0.338 e. The highest BCUT2D eigenvalue weighted by molar-refractivity contribution is 5.83. The molecule has 0 aliphatic heterocycles. The Morgan fingerprint density at radius 2 is 1.94 bits per heavy atom. The molecule has 0 bridgehead atoms. The summed E-state index contributed by atoms with van der Waals surface area (Å²) in [6, 6.07) is 4.29. The summed E-state index contributed by atoms with van der Waals surface area (Å²) in [4.78, 5) is 8.07. The minimum absolute atomic E-state index is 0.893. The number of benzene rings is 1. The molecular formula is C14H16N4. The van der Waals surface area contributed by atoms with Gasteiger partial charge in [0.15, 0.2) is 0 Å². The van der Waals surface area contributed by atoms with Crippen molar-refractivity contribution in [2.45, 2.75) is 20.8 Å². The highest BCUT2D eigenvalue weighted by Gasteiger charge is 2.12. The monoisotopic (exact) mass is 240 g/mol. The van der Waals surface area contributed by atoms with E-state index in [9.17, 15) is 0 Å². The zero-order chi connectivity index (χ0) is 12.9. The molecule has 4 nitrogen and oxygen atoms in total. The lowest BCUT2D eigenvalue weighted by atomic mass is 10.1. The van der Waals surface area contributed by atoms with Gasteiger partial charge in [0.2, 0.25) is 0 Å². The van der Waals surface area contributed by atoms with Gasteiger partial charge in [0.05, 0.1) is 22.8 Å². The molecular weight excluding hydrogens is 224 g/mol. The van der Waals surface area contributed by atoms with Gasteiger partial charge < -0.3 is 4.98 Å². The van der Waals surface area contributed by atoms with Gasteiger partial charge in [-0.25, -0.2) is 4.98 Å². The number of nitrogens with one attached hydrogen (secondary N) is 1. The summed E-state index contributed by atoms with van der Waals surface area (Å²) in [5, 5.41) is 4.26. The number of hydrogen-bond donors (Lipinski definition) is 1. The predicted molar refractivity (Wildman–Crippen MR) is 72.5 cm³/mol. The molecule has 1 aromatic carbocycles. The summed E-state index contributed by atoms with van der Waals surface area (Å²) in [7, 11) is 1.94. The van der Waals surface area contributed by atoms with Gasteiger partial charge in [-0.1, -0.05) is 6.07 Å². The van der Waals surface area contributed by atoms with Crippen molar-refractivity contribution >= 4 is 11.0 Å². The maximum Gasteiger partial charge on any atom is 0.141 e. The second-order valence-electron chi connectivity index (χ2n) is 4.83. The lowest BCUT2D eigenvalue weighted by Gasteiger charge is -1.96. The van der Waals surface area contributed by atoms with Crippen molar-refractivity contribution < 1.29 is 0 Å². The fraction of sp³-hybridized carbons (Fsp3) is 0.286. The second kappa shape index (κ2) is 3.70. The van der Waals surface area contributed by atoms with Crippen molar-refractivity contribution in [2.24, 2.45) is 7.05 Å². The largest absolute Gasteiger partial charge is 0.338 e. The Labute approximate surface area is 106 Å². The topological polar surface area (TPSA) is 46.5 Å². The third-order valence-corrected chi connectivity index (χ3v) is 3.41. The van der Waals surface area contributed by atoms with Gasteiger partial charge in [-0.2, -0.15) is 5.10 Å². The van der Waals surface area contributed by atoms with Crippen molar-refractivity contribution in [1.82, 2.24) is 19.7 Å². The van der Waals surface area contributed by atoms with Crippen LogP contribution in [0.25, 0.3) is 22.4 Å². The normalized spacial score (nSPS) is 11.3. The van der Waals surface area contributed by atoms with Crippen molar-refractivity contribution in [2.75, 3.05) is 0 Å². The van der Waals surface area contributed by atoms with Crippen LogP contribution >= 0.6 is 0 Å². The van der Waals surface area contributed by atoms with E-state index in [2.05, 4.69) is 41.0 Å². The van der Waals surface area contributed by atoms with E-state index in [1.807, 2.05) is 24.9 Å². The van der Waals surface area contributed by atoms with E-state index in [0.29, 0.717) is 0 Å². The van der Waals surface area contributed by atoms with E-state index in [1.54, 1.807) is 0 Å². The summed E-state index contributed by atoms with van der Waals surface area (Å²) in [6.07, 6.45) is 1.86. The van der Waals surface area contributed by atoms with E-state index in [1.165, 1.54) is 11.1 Å². The molecule has 3 aromatic rings. The van der Waals surface area contributed by atoms with Gasteiger partial charge in [-0.3, -0.25) is 4.68 Å². The molecule has 2 aromatic heterocycles. The Bertz CT molecular complexity index is 734. The Morgan fingerprint density at radius 1 is 1.17 bits per heavy atom. The first-order valence-corrected chi connectivity index (χ1v) is 6.02. The van der Waals surface area contributed by atoms with Gasteiger partial charge in [0.25, 0.3) is 0 Å². The molecule has 0 atom stereocenters. The first-order valence-electron chi connectivity index (χ1n) is 6.02. The maximum absolute atomic E-state index is 4.69. The van der Waals surface area contributed by atoms with Crippen LogP contribution in [-0.4, -0.2) is 19.7 Å². The van der Waals surface area contributed by atoms with Crippen LogP contribution in [0.5, 0.6) is 0 Å². The highest BCUT2D eigenvalue weighted by atomic mass is 15.3. The number of fused-ring (bicyclic) bond motifs is 1. The number of imidazole rings is 1. The molecule has 3 rings (SSSR count). The van der Waals surface area contributed by atoms with Crippen LogP contribution in [0, 0.1) is 20.8 Å². The third kappa shape index (κ3) is 1.53. The molecule has 0 saturated heterocycles. The van der Waals surface area contributed by atoms with Crippen LogP contribution in [0.3, 0.4) is 0 Å². The zero-order valence-corrected chi connectivity index (χ0v) is 11.1. The lowest BCUT2D eigenvalue weighted by Crippen LogP contribution is -1.92. The molecule has 0 aliphatic rings. The summed E-state index contributed by atoms with van der Waals surface area (Å²) in [5.74, 6) is 0.893. The van der Waals surface area contributed by atoms with Crippen molar-refractivity contribution in [3.05, 3.63) is 35.2 Å². The number of rotatable bonds is 1. The van der Waals surface area contributed by atoms with Gasteiger partial charge >= 0.3 is 0 Å². The molecule has 18 heavy (non-hydrogen) atoms. The van der Waals surface area contributed by atoms with Crippen LogP contribution in [0.1, 0.15) is 16.8 Å². The Balaban J connectivity index is 2.25. The number of aryl methyl sites for hydroxylation is 3. The lowest BCUT2D eigenvalue weighted by molar-refractivity contribution is 0.740. The summed E-state index contributed by atoms with van der Waals surface area (Å²) >= 11 is 0. The van der Waals surface area contributed by atoms with Crippen molar-refractivity contribution in [3.63, 3.8) is 0 Å². The van der Waals surface area contributed by atoms with Gasteiger partial charge in [0, 0.05) is 12.7 Å². The minimum atomic E-state index is 0.893. The van der Waals surface area contributed by atoms with E-state index in [0.717, 1.165) is 28.1 Å². The molecule has 4 heteroatoms. The predicted octanol–water partition coefficient (Wildman–Crippen LogP) is 2.89. The summed E-state index contributed by atoms with van der Waals surface area (Å²) in [5.41, 5.74) is 6.76. The highest BCUT2D eigenvalue weighted by Crippen LogP contribution is 2.25. The summed E-state index contributed by atoms with van der Waals surface area (Å²) in [6.45, 7) is 6.24. The molecule has 0 unspecified atom stereocenters. The van der Waals surface area contributed by atoms with Gasteiger partial charge in [0.1, 0.15) is 5.82 Å². The first-order chi connectivity index (χ1) is 8.56. The third-order valence-electron chi connectivity index (χ3n) is 3.41. The number of aromatic nitrogens is 4. The number of aromatic amines is 1. The maximum atomic E-state index is 4.69. The first kappa shape index (κ1) is 11.0. The fourth-order valence-electron chi connectivity index (χ4n) is 2.33. The fourth-order valence-corrected chi connectivity index (χ4v) is 2.33. The molecule has 92 valence electrons. The SMILES string of the molecule is Cc1cc(C)c2nc(-c3cnn(C)c3C)[nH]c2c1. The van der Waals surface area contributed by atoms with Gasteiger partial charge in [-0.05, 0) is 38.0 Å². The number of H-pyrrole nitrogens is 1. The molecule has 0 radical (unpaired) electrons. The Morgan fingerprint density at radius 3 is 2.61 bits per heavy atom. The van der Waals surface area contributed by atoms with Crippen molar-refractivity contribution in [1.29, 1.82) is 0 Å². The summed E-state index contributed by atoms with van der Waals surface area (Å²) < 4.78 is 1.86. The van der Waals surface area contributed by atoms with Crippen LogP contribution in [0.2, 0.25) is 0 Å². The molecule has 1 N–H and O–H groups in total. The van der Waals surface area contributed by atoms with E-state index in [4.69, 9.17) is 0 Å². The quantitative estimate of drug-likeness (QED) is 0.711. The second-order valence-corrected chi connectivity index (χ2v) is 4.83. The molecule has 2 heterocycles. The Hall–Kier alpha value is -2.10. The van der Waals surface area contributed by atoms with Crippen LogP contribution in [0.4, 0.5) is 0 Å². The standard InChI is InChI=1S/C14H16N4/c1-8-5-9(2)13-12(6-8)16-14(17-13)11-7-15-18(4)10(11)3/h5-7H,1-4H3,(H,16,17). The number of hydrogen-bond acceptors (Lipinski definition) is 2. The molecule has 0 aliphatic carbocycles. The van der Waals surface area contributed by atoms with Crippen LogP contribution < -0.4 is 0 Å². The average Bonchev–Trinajstić information content (AvgIpc) is 2.84. The van der Waals surface area contributed by atoms with Gasteiger partial charge in [-0.15, -0.1) is 0 Å². The van der Waals surface area contributed by atoms with E-state index < -0.39 is 0 Å². The van der Waals surface area contributed by atoms with Crippen LogP contribution in [-0.2, 0) is 7.05 Å². The molecule has 0 fully saturated rings. The Kier molecular flexibility index (Phi) is 2.26. The zero-order valence-electron chi connectivity index (χ0n) is 11.1. The number of nitrogens with zero attached hydrogens (tertiary/aromatic N) is 3. The average molecular weight is 240 g/mol.